The summed E-state index contributed by atoms with van der Waals surface area (Å²) in [6.07, 6.45) is 7.25. The quantitative estimate of drug-likeness (QED) is 0.924. The van der Waals surface area contributed by atoms with E-state index in [1.807, 2.05) is 27.7 Å². The highest BCUT2D eigenvalue weighted by Gasteiger charge is 2.23. The molecule has 1 fully saturated rings. The zero-order valence-electron chi connectivity index (χ0n) is 15.5. The standard InChI is InChI=1S/C18H27N5O2/c1-12-14-10-19-23(18(2,3)4)16(14)17(25)22(21-12)11-15(24)20-13-8-6-5-7-9-13/h10,13H,5-9,11H2,1-4H3,(H,20,24). The van der Waals surface area contributed by atoms with Gasteiger partial charge in [-0.25, -0.2) is 4.68 Å². The molecule has 0 radical (unpaired) electrons. The van der Waals surface area contributed by atoms with E-state index >= 15 is 0 Å². The predicted molar refractivity (Wildman–Crippen MR) is 96.5 cm³/mol. The molecule has 7 heteroatoms. The molecule has 0 aliphatic heterocycles. The van der Waals surface area contributed by atoms with Crippen molar-refractivity contribution in [2.24, 2.45) is 0 Å². The van der Waals surface area contributed by atoms with Crippen LogP contribution in [0, 0.1) is 6.92 Å². The van der Waals surface area contributed by atoms with Gasteiger partial charge in [0, 0.05) is 11.4 Å². The Kier molecular flexibility index (Phi) is 4.67. The molecule has 2 aromatic rings. The Morgan fingerprint density at radius 2 is 1.96 bits per heavy atom. The van der Waals surface area contributed by atoms with Crippen molar-refractivity contribution < 1.29 is 4.79 Å². The molecule has 0 spiro atoms. The van der Waals surface area contributed by atoms with Crippen LogP contribution in [0.4, 0.5) is 0 Å². The van der Waals surface area contributed by atoms with Crippen LogP contribution in [-0.4, -0.2) is 31.5 Å². The molecule has 1 aliphatic carbocycles. The zero-order valence-corrected chi connectivity index (χ0v) is 15.5. The third-order valence-corrected chi connectivity index (χ3v) is 4.77. The summed E-state index contributed by atoms with van der Waals surface area (Å²) < 4.78 is 2.98. The number of amides is 1. The lowest BCUT2D eigenvalue weighted by Crippen LogP contribution is -2.41. The highest BCUT2D eigenvalue weighted by atomic mass is 16.2. The minimum absolute atomic E-state index is 0.0541. The van der Waals surface area contributed by atoms with E-state index in [0.29, 0.717) is 11.2 Å². The molecule has 1 aliphatic rings. The minimum Gasteiger partial charge on any atom is -0.352 e. The van der Waals surface area contributed by atoms with E-state index in [4.69, 9.17) is 0 Å². The third kappa shape index (κ3) is 3.60. The molecule has 0 bridgehead atoms. The number of aromatic nitrogens is 4. The average Bonchev–Trinajstić information content (AvgIpc) is 2.99. The fourth-order valence-electron chi connectivity index (χ4n) is 3.49. The van der Waals surface area contributed by atoms with E-state index in [1.54, 1.807) is 10.9 Å². The van der Waals surface area contributed by atoms with Crippen molar-refractivity contribution in [1.82, 2.24) is 24.9 Å². The van der Waals surface area contributed by atoms with Crippen molar-refractivity contribution in [3.63, 3.8) is 0 Å². The Morgan fingerprint density at radius 1 is 1.28 bits per heavy atom. The lowest BCUT2D eigenvalue weighted by atomic mass is 9.95. The van der Waals surface area contributed by atoms with Crippen molar-refractivity contribution in [3.05, 3.63) is 22.2 Å². The summed E-state index contributed by atoms with van der Waals surface area (Å²) >= 11 is 0. The van der Waals surface area contributed by atoms with E-state index in [9.17, 15) is 9.59 Å². The van der Waals surface area contributed by atoms with Crippen LogP contribution >= 0.6 is 0 Å². The van der Waals surface area contributed by atoms with Crippen molar-refractivity contribution in [2.45, 2.75) is 77.9 Å². The molecule has 136 valence electrons. The SMILES string of the molecule is Cc1nn(CC(=O)NC2CCCCC2)c(=O)c2c1cnn2C(C)(C)C. The molecule has 0 unspecified atom stereocenters. The topological polar surface area (TPSA) is 81.8 Å². The van der Waals surface area contributed by atoms with Crippen LogP contribution < -0.4 is 10.9 Å². The first kappa shape index (κ1) is 17.6. The number of nitrogens with one attached hydrogen (secondary N) is 1. The van der Waals surface area contributed by atoms with Gasteiger partial charge in [0.2, 0.25) is 5.91 Å². The van der Waals surface area contributed by atoms with Crippen LogP contribution in [0.2, 0.25) is 0 Å². The number of rotatable bonds is 3. The molecule has 0 atom stereocenters. The van der Waals surface area contributed by atoms with E-state index in [0.717, 1.165) is 31.1 Å². The molecular formula is C18H27N5O2. The van der Waals surface area contributed by atoms with Gasteiger partial charge in [-0.3, -0.25) is 14.3 Å². The summed E-state index contributed by atoms with van der Waals surface area (Å²) in [5.74, 6) is -0.151. The number of nitrogens with zero attached hydrogens (tertiary/aromatic N) is 4. The van der Waals surface area contributed by atoms with Gasteiger partial charge in [0.25, 0.3) is 5.56 Å². The van der Waals surface area contributed by atoms with Gasteiger partial charge in [-0.1, -0.05) is 19.3 Å². The Balaban J connectivity index is 1.90. The van der Waals surface area contributed by atoms with Gasteiger partial charge >= 0.3 is 0 Å². The number of carbonyl (C=O) groups excluding carboxylic acids is 1. The zero-order chi connectivity index (χ0) is 18.2. The number of hydrogen-bond donors (Lipinski definition) is 1. The van der Waals surface area contributed by atoms with Gasteiger partial charge in [-0.05, 0) is 40.5 Å². The first-order valence-corrected chi connectivity index (χ1v) is 9.02. The fourth-order valence-corrected chi connectivity index (χ4v) is 3.49. The molecule has 2 aromatic heterocycles. The largest absolute Gasteiger partial charge is 0.352 e. The molecule has 1 amide bonds. The summed E-state index contributed by atoms with van der Waals surface area (Å²) in [5, 5.41) is 12.5. The third-order valence-electron chi connectivity index (χ3n) is 4.77. The maximum absolute atomic E-state index is 12.9. The molecule has 25 heavy (non-hydrogen) atoms. The van der Waals surface area contributed by atoms with Crippen molar-refractivity contribution in [2.75, 3.05) is 0 Å². The van der Waals surface area contributed by atoms with Crippen molar-refractivity contribution in [1.29, 1.82) is 0 Å². The van der Waals surface area contributed by atoms with E-state index in [2.05, 4.69) is 15.5 Å². The number of carbonyl (C=O) groups is 1. The normalized spacial score (nSPS) is 16.3. The predicted octanol–water partition coefficient (Wildman–Crippen LogP) is 2.11. The van der Waals surface area contributed by atoms with E-state index in [1.165, 1.54) is 11.1 Å². The summed E-state index contributed by atoms with van der Waals surface area (Å²) in [4.78, 5) is 25.3. The molecule has 0 aromatic carbocycles. The van der Waals surface area contributed by atoms with Crippen LogP contribution in [-0.2, 0) is 16.9 Å². The maximum atomic E-state index is 12.9. The second-order valence-electron chi connectivity index (χ2n) is 7.94. The highest BCUT2D eigenvalue weighted by molar-refractivity contribution is 5.81. The molecule has 3 rings (SSSR count). The maximum Gasteiger partial charge on any atom is 0.293 e. The molecular weight excluding hydrogens is 318 g/mol. The minimum atomic E-state index is -0.323. The van der Waals surface area contributed by atoms with Crippen LogP contribution in [0.15, 0.2) is 11.0 Å². The Morgan fingerprint density at radius 3 is 2.60 bits per heavy atom. The number of fused-ring (bicyclic) bond motifs is 1. The first-order chi connectivity index (χ1) is 11.8. The van der Waals surface area contributed by atoms with Crippen LogP contribution in [0.25, 0.3) is 10.9 Å². The monoisotopic (exact) mass is 345 g/mol. The van der Waals surface area contributed by atoms with Gasteiger partial charge in [-0.15, -0.1) is 0 Å². The van der Waals surface area contributed by atoms with Crippen molar-refractivity contribution in [3.8, 4) is 0 Å². The van der Waals surface area contributed by atoms with Gasteiger partial charge in [0.05, 0.1) is 17.4 Å². The average molecular weight is 345 g/mol. The molecule has 1 N–H and O–H groups in total. The summed E-state index contributed by atoms with van der Waals surface area (Å²) in [5.41, 5.74) is 0.615. The summed E-state index contributed by atoms with van der Waals surface area (Å²) in [7, 11) is 0. The Hall–Kier alpha value is -2.18. The Labute approximate surface area is 147 Å². The number of hydrogen-bond acceptors (Lipinski definition) is 4. The Bertz CT molecular complexity index is 837. The molecule has 0 saturated heterocycles. The summed E-state index contributed by atoms with van der Waals surface area (Å²) in [6, 6.07) is 0.224. The van der Waals surface area contributed by atoms with Gasteiger partial charge < -0.3 is 5.32 Å². The highest BCUT2D eigenvalue weighted by Crippen LogP contribution is 2.20. The number of aryl methyl sites for hydroxylation is 1. The van der Waals surface area contributed by atoms with E-state index in [-0.39, 0.29) is 29.6 Å². The van der Waals surface area contributed by atoms with Crippen molar-refractivity contribution >= 4 is 16.8 Å². The molecule has 2 heterocycles. The second kappa shape index (κ2) is 6.61. The second-order valence-corrected chi connectivity index (χ2v) is 7.94. The van der Waals surface area contributed by atoms with Gasteiger partial charge in [0.15, 0.2) is 0 Å². The van der Waals surface area contributed by atoms with Gasteiger partial charge in [-0.2, -0.15) is 10.2 Å². The molecule has 7 nitrogen and oxygen atoms in total. The van der Waals surface area contributed by atoms with E-state index < -0.39 is 0 Å². The fraction of sp³-hybridized carbons (Fsp3) is 0.667. The first-order valence-electron chi connectivity index (χ1n) is 9.02. The molecule has 1 saturated carbocycles. The smallest absolute Gasteiger partial charge is 0.293 e. The van der Waals surface area contributed by atoms with Crippen LogP contribution in [0.3, 0.4) is 0 Å². The van der Waals surface area contributed by atoms with Crippen LogP contribution in [0.5, 0.6) is 0 Å². The lowest BCUT2D eigenvalue weighted by Gasteiger charge is -2.23. The van der Waals surface area contributed by atoms with Crippen LogP contribution in [0.1, 0.15) is 58.6 Å². The lowest BCUT2D eigenvalue weighted by molar-refractivity contribution is -0.122. The summed E-state index contributed by atoms with van der Waals surface area (Å²) in [6.45, 7) is 7.77. The van der Waals surface area contributed by atoms with Gasteiger partial charge in [0.1, 0.15) is 12.1 Å².